The van der Waals surface area contributed by atoms with Gasteiger partial charge in [0.25, 0.3) is 0 Å². The van der Waals surface area contributed by atoms with Crippen molar-refractivity contribution in [2.75, 3.05) is 30.4 Å². The molecule has 3 aromatic rings. The Bertz CT molecular complexity index is 998. The molecule has 150 valence electrons. The van der Waals surface area contributed by atoms with E-state index >= 15 is 0 Å². The van der Waals surface area contributed by atoms with Crippen LogP contribution in [-0.4, -0.2) is 41.8 Å². The number of anilines is 2. The van der Waals surface area contributed by atoms with Crippen molar-refractivity contribution in [1.29, 1.82) is 0 Å². The molecule has 2 aromatic carbocycles. The van der Waals surface area contributed by atoms with Gasteiger partial charge in [-0.25, -0.2) is 4.98 Å². The molecule has 29 heavy (non-hydrogen) atoms. The first-order chi connectivity index (χ1) is 14.0. The van der Waals surface area contributed by atoms with Crippen LogP contribution in [0.3, 0.4) is 0 Å². The third-order valence-electron chi connectivity index (χ3n) is 5.26. The number of nitrogens with zero attached hydrogens (tertiary/aromatic N) is 3. The molecule has 1 saturated heterocycles. The van der Waals surface area contributed by atoms with Gasteiger partial charge in [0, 0.05) is 24.3 Å². The van der Waals surface area contributed by atoms with E-state index in [4.69, 9.17) is 4.98 Å². The van der Waals surface area contributed by atoms with Gasteiger partial charge in [-0.1, -0.05) is 12.1 Å². The van der Waals surface area contributed by atoms with Crippen LogP contribution in [0.4, 0.5) is 11.4 Å². The maximum Gasteiger partial charge on any atom is 0.238 e. The number of likely N-dealkylation sites (N-methyl/N-ethyl adjacent to an activating group) is 1. The van der Waals surface area contributed by atoms with Gasteiger partial charge in [-0.05, 0) is 56.8 Å². The molecule has 7 heteroatoms. The Balaban J connectivity index is 1.35. The van der Waals surface area contributed by atoms with Crippen LogP contribution in [-0.2, 0) is 9.59 Å². The van der Waals surface area contributed by atoms with Crippen molar-refractivity contribution in [2.24, 2.45) is 0 Å². The second kappa shape index (κ2) is 8.31. The smallest absolute Gasteiger partial charge is 0.238 e. The topological polar surface area (TPSA) is 65.5 Å². The minimum atomic E-state index is -0.0783. The molecular formula is C22H24N4O2S. The molecule has 2 amide bonds. The van der Waals surface area contributed by atoms with Crippen molar-refractivity contribution < 1.29 is 9.59 Å². The predicted octanol–water partition coefficient (Wildman–Crippen LogP) is 4.05. The highest BCUT2D eigenvalue weighted by atomic mass is 32.1. The van der Waals surface area contributed by atoms with Crippen molar-refractivity contribution in [2.45, 2.75) is 25.8 Å². The summed E-state index contributed by atoms with van der Waals surface area (Å²) >= 11 is 1.66. The quantitative estimate of drug-likeness (QED) is 0.668. The molecule has 0 bridgehead atoms. The SMILES string of the molecule is CC(c1nc2ccccc2s1)N(C)CC(=O)Nc1ccc(N2CCCC2=O)cc1. The number of nitrogens with one attached hydrogen (secondary N) is 1. The summed E-state index contributed by atoms with van der Waals surface area (Å²) in [6.45, 7) is 3.09. The van der Waals surface area contributed by atoms with E-state index in [1.54, 1.807) is 16.2 Å². The molecule has 1 N–H and O–H groups in total. The Morgan fingerprint density at radius 1 is 1.24 bits per heavy atom. The summed E-state index contributed by atoms with van der Waals surface area (Å²) in [5, 5.41) is 3.93. The first-order valence-electron chi connectivity index (χ1n) is 9.77. The molecule has 1 aliphatic heterocycles. The summed E-state index contributed by atoms with van der Waals surface area (Å²) in [5.74, 6) is 0.0812. The van der Waals surface area contributed by atoms with Gasteiger partial charge >= 0.3 is 0 Å². The normalized spacial score (nSPS) is 15.3. The van der Waals surface area contributed by atoms with E-state index in [2.05, 4.69) is 18.3 Å². The Kier molecular flexibility index (Phi) is 5.60. The average Bonchev–Trinajstić information content (AvgIpc) is 3.34. The molecule has 4 rings (SSSR count). The van der Waals surface area contributed by atoms with Crippen LogP contribution in [0, 0.1) is 0 Å². The number of fused-ring (bicyclic) bond motifs is 1. The summed E-state index contributed by atoms with van der Waals surface area (Å²) in [7, 11) is 1.93. The van der Waals surface area contributed by atoms with Crippen LogP contribution in [0.1, 0.15) is 30.8 Å². The lowest BCUT2D eigenvalue weighted by Crippen LogP contribution is -2.32. The van der Waals surface area contributed by atoms with E-state index in [0.29, 0.717) is 6.42 Å². The van der Waals surface area contributed by atoms with Gasteiger partial charge in [0.05, 0.1) is 22.8 Å². The first-order valence-corrected chi connectivity index (χ1v) is 10.6. The highest BCUT2D eigenvalue weighted by Crippen LogP contribution is 2.29. The van der Waals surface area contributed by atoms with Crippen molar-refractivity contribution in [3.8, 4) is 0 Å². The average molecular weight is 409 g/mol. The van der Waals surface area contributed by atoms with E-state index in [0.717, 1.165) is 39.6 Å². The van der Waals surface area contributed by atoms with Crippen LogP contribution in [0.2, 0.25) is 0 Å². The number of para-hydroxylation sites is 1. The molecule has 1 fully saturated rings. The highest BCUT2D eigenvalue weighted by Gasteiger charge is 2.22. The summed E-state index contributed by atoms with van der Waals surface area (Å²) < 4.78 is 1.16. The van der Waals surface area contributed by atoms with E-state index in [1.165, 1.54) is 0 Å². The molecule has 0 aliphatic carbocycles. The molecule has 1 aliphatic rings. The Hall–Kier alpha value is -2.77. The monoisotopic (exact) mass is 408 g/mol. The Morgan fingerprint density at radius 3 is 2.69 bits per heavy atom. The van der Waals surface area contributed by atoms with Gasteiger partial charge in [0.2, 0.25) is 11.8 Å². The minimum absolute atomic E-state index is 0.0432. The number of carbonyl (C=O) groups excluding carboxylic acids is 2. The third kappa shape index (κ3) is 4.31. The molecule has 2 heterocycles. The van der Waals surface area contributed by atoms with Crippen LogP contribution < -0.4 is 10.2 Å². The summed E-state index contributed by atoms with van der Waals surface area (Å²) in [6, 6.07) is 15.6. The van der Waals surface area contributed by atoms with Crippen molar-refractivity contribution in [1.82, 2.24) is 9.88 Å². The fourth-order valence-electron chi connectivity index (χ4n) is 3.47. The molecule has 0 spiro atoms. The van der Waals surface area contributed by atoms with Crippen molar-refractivity contribution >= 4 is 44.7 Å². The van der Waals surface area contributed by atoms with Gasteiger partial charge < -0.3 is 10.2 Å². The van der Waals surface area contributed by atoms with Crippen LogP contribution in [0.15, 0.2) is 48.5 Å². The second-order valence-electron chi connectivity index (χ2n) is 7.35. The second-order valence-corrected chi connectivity index (χ2v) is 8.42. The van der Waals surface area contributed by atoms with Gasteiger partial charge in [0.15, 0.2) is 0 Å². The van der Waals surface area contributed by atoms with Crippen molar-refractivity contribution in [3.63, 3.8) is 0 Å². The zero-order chi connectivity index (χ0) is 20.4. The number of rotatable bonds is 6. The zero-order valence-electron chi connectivity index (χ0n) is 16.6. The van der Waals surface area contributed by atoms with Gasteiger partial charge in [-0.3, -0.25) is 14.5 Å². The number of carbonyl (C=O) groups is 2. The third-order valence-corrected chi connectivity index (χ3v) is 6.46. The Morgan fingerprint density at radius 2 is 2.00 bits per heavy atom. The van der Waals surface area contributed by atoms with Gasteiger partial charge in [-0.2, -0.15) is 0 Å². The predicted molar refractivity (Wildman–Crippen MR) is 117 cm³/mol. The fourth-order valence-corrected chi connectivity index (χ4v) is 4.55. The maximum atomic E-state index is 12.5. The van der Waals surface area contributed by atoms with Crippen LogP contribution in [0.5, 0.6) is 0 Å². The number of hydrogen-bond donors (Lipinski definition) is 1. The van der Waals surface area contributed by atoms with E-state index in [9.17, 15) is 9.59 Å². The highest BCUT2D eigenvalue weighted by molar-refractivity contribution is 7.18. The molecule has 1 aromatic heterocycles. The first kappa shape index (κ1) is 19.5. The summed E-state index contributed by atoms with van der Waals surface area (Å²) in [5.41, 5.74) is 2.60. The molecule has 1 atom stereocenters. The lowest BCUT2D eigenvalue weighted by Gasteiger charge is -2.22. The number of amides is 2. The molecule has 1 unspecified atom stereocenters. The van der Waals surface area contributed by atoms with Crippen molar-refractivity contribution in [3.05, 3.63) is 53.5 Å². The number of aromatic nitrogens is 1. The van der Waals surface area contributed by atoms with E-state index in [-0.39, 0.29) is 24.4 Å². The van der Waals surface area contributed by atoms with E-state index < -0.39 is 0 Å². The van der Waals surface area contributed by atoms with Gasteiger partial charge in [0.1, 0.15) is 5.01 Å². The Labute approximate surface area is 174 Å². The molecule has 6 nitrogen and oxygen atoms in total. The summed E-state index contributed by atoms with van der Waals surface area (Å²) in [6.07, 6.45) is 1.51. The molecular weight excluding hydrogens is 384 g/mol. The lowest BCUT2D eigenvalue weighted by molar-refractivity contribution is -0.118. The number of hydrogen-bond acceptors (Lipinski definition) is 5. The lowest BCUT2D eigenvalue weighted by atomic mass is 10.2. The number of thiazole rings is 1. The zero-order valence-corrected chi connectivity index (χ0v) is 17.4. The largest absolute Gasteiger partial charge is 0.325 e. The van der Waals surface area contributed by atoms with Crippen LogP contribution >= 0.6 is 11.3 Å². The molecule has 0 radical (unpaired) electrons. The summed E-state index contributed by atoms with van der Waals surface area (Å²) in [4.78, 5) is 32.8. The van der Waals surface area contributed by atoms with Gasteiger partial charge in [-0.15, -0.1) is 11.3 Å². The fraction of sp³-hybridized carbons (Fsp3) is 0.318. The number of benzene rings is 2. The minimum Gasteiger partial charge on any atom is -0.325 e. The molecule has 0 saturated carbocycles. The standard InChI is InChI=1S/C22H24N4O2S/c1-15(22-24-18-6-3-4-7-19(18)29-22)25(2)14-20(27)23-16-9-11-17(12-10-16)26-13-5-8-21(26)28/h3-4,6-7,9-12,15H,5,8,13-14H2,1-2H3,(H,23,27). The van der Waals surface area contributed by atoms with Crippen LogP contribution in [0.25, 0.3) is 10.2 Å². The van der Waals surface area contributed by atoms with E-state index in [1.807, 2.05) is 54.4 Å². The maximum absolute atomic E-state index is 12.5.